The van der Waals surface area contributed by atoms with Gasteiger partial charge in [-0.15, -0.1) is 0 Å². The summed E-state index contributed by atoms with van der Waals surface area (Å²) in [7, 11) is 0. The van der Waals surface area contributed by atoms with Crippen LogP contribution in [0.1, 0.15) is 64.7 Å². The normalized spacial score (nSPS) is 19.3. The maximum Gasteiger partial charge on any atom is 0.140 e. The van der Waals surface area contributed by atoms with Crippen LogP contribution in [-0.2, 0) is 4.79 Å². The Morgan fingerprint density at radius 2 is 1.73 bits per heavy atom. The van der Waals surface area contributed by atoms with E-state index in [4.69, 9.17) is 0 Å². The zero-order valence-electron chi connectivity index (χ0n) is 10.1. The first kappa shape index (κ1) is 12.5. The molecule has 1 nitrogen and oxygen atoms in total. The molecule has 1 rings (SSSR count). The van der Waals surface area contributed by atoms with Crippen LogP contribution in [0, 0.1) is 5.92 Å². The van der Waals surface area contributed by atoms with Gasteiger partial charge in [0.05, 0.1) is 0 Å². The summed E-state index contributed by atoms with van der Waals surface area (Å²) in [6, 6.07) is 0. The predicted molar refractivity (Wildman–Crippen MR) is 64.9 cm³/mol. The van der Waals surface area contributed by atoms with E-state index in [0.717, 1.165) is 24.8 Å². The van der Waals surface area contributed by atoms with Crippen molar-refractivity contribution in [1.82, 2.24) is 0 Å². The first-order valence-electron chi connectivity index (χ1n) is 6.46. The van der Waals surface area contributed by atoms with Gasteiger partial charge in [-0.3, -0.25) is 4.79 Å². The summed E-state index contributed by atoms with van der Waals surface area (Å²) in [5.74, 6) is 0.693. The van der Waals surface area contributed by atoms with Gasteiger partial charge in [0.15, 0.2) is 0 Å². The van der Waals surface area contributed by atoms with Crippen LogP contribution in [-0.4, -0.2) is 5.78 Å². The molecule has 1 aliphatic carbocycles. The van der Waals surface area contributed by atoms with Gasteiger partial charge in [0.1, 0.15) is 5.78 Å². The number of hydrogen-bond donors (Lipinski definition) is 0. The maximum absolute atomic E-state index is 11.5. The number of carbonyl (C=O) groups is 1. The Bertz CT molecular complexity index is 217. The number of unbranched alkanes of at least 4 members (excludes halogenated alkanes) is 6. The lowest BCUT2D eigenvalue weighted by atomic mass is 10.1. The summed E-state index contributed by atoms with van der Waals surface area (Å²) < 4.78 is 0. The Morgan fingerprint density at radius 1 is 1.20 bits per heavy atom. The van der Waals surface area contributed by atoms with E-state index in [-0.39, 0.29) is 5.92 Å². The van der Waals surface area contributed by atoms with Crippen molar-refractivity contribution >= 4 is 5.78 Å². The molecule has 0 amide bonds. The molecule has 0 spiro atoms. The standard InChI is InChI=1S/C14H24O/c1-3-4-5-6-7-8-9-10-14(15)13-11-12(13)2/h13H,2-11H2,1H3/t13-/m1/s1. The minimum Gasteiger partial charge on any atom is -0.299 e. The zero-order chi connectivity index (χ0) is 11.1. The van der Waals surface area contributed by atoms with Gasteiger partial charge in [-0.25, -0.2) is 0 Å². The molecule has 0 N–H and O–H groups in total. The molecule has 0 bridgehead atoms. The monoisotopic (exact) mass is 208 g/mol. The van der Waals surface area contributed by atoms with E-state index in [2.05, 4.69) is 13.5 Å². The molecule has 0 aromatic carbocycles. The van der Waals surface area contributed by atoms with Crippen molar-refractivity contribution in [3.8, 4) is 0 Å². The molecule has 1 heteroatoms. The first-order chi connectivity index (χ1) is 7.25. The molecule has 0 unspecified atom stereocenters. The molecule has 1 atom stereocenters. The Hall–Kier alpha value is -0.590. The minimum atomic E-state index is 0.255. The fourth-order valence-corrected chi connectivity index (χ4v) is 1.98. The Balaban J connectivity index is 1.84. The highest BCUT2D eigenvalue weighted by Gasteiger charge is 2.33. The third-order valence-electron chi connectivity index (χ3n) is 3.21. The van der Waals surface area contributed by atoms with Crippen molar-refractivity contribution in [2.45, 2.75) is 64.7 Å². The smallest absolute Gasteiger partial charge is 0.140 e. The van der Waals surface area contributed by atoms with E-state index >= 15 is 0 Å². The SMILES string of the molecule is C=C1C[C@H]1C(=O)CCCCCCCCC. The van der Waals surface area contributed by atoms with Crippen molar-refractivity contribution in [1.29, 1.82) is 0 Å². The highest BCUT2D eigenvalue weighted by Crippen LogP contribution is 2.37. The molecule has 1 saturated carbocycles. The fourth-order valence-electron chi connectivity index (χ4n) is 1.98. The molecule has 15 heavy (non-hydrogen) atoms. The van der Waals surface area contributed by atoms with Crippen LogP contribution in [0.5, 0.6) is 0 Å². The molecule has 1 aliphatic rings. The van der Waals surface area contributed by atoms with Crippen LogP contribution < -0.4 is 0 Å². The lowest BCUT2D eigenvalue weighted by Gasteiger charge is -2.00. The average molecular weight is 208 g/mol. The molecule has 1 fully saturated rings. The predicted octanol–water partition coefficient (Wildman–Crippen LogP) is 4.27. The van der Waals surface area contributed by atoms with E-state index in [0.29, 0.717) is 5.78 Å². The van der Waals surface area contributed by atoms with E-state index in [1.165, 1.54) is 38.5 Å². The van der Waals surface area contributed by atoms with Gasteiger partial charge in [0.25, 0.3) is 0 Å². The van der Waals surface area contributed by atoms with Crippen LogP contribution in [0.25, 0.3) is 0 Å². The van der Waals surface area contributed by atoms with Gasteiger partial charge < -0.3 is 0 Å². The van der Waals surface area contributed by atoms with Crippen LogP contribution in [0.3, 0.4) is 0 Å². The van der Waals surface area contributed by atoms with Crippen LogP contribution in [0.15, 0.2) is 12.2 Å². The Morgan fingerprint density at radius 3 is 2.27 bits per heavy atom. The summed E-state index contributed by atoms with van der Waals surface area (Å²) in [5.41, 5.74) is 1.16. The van der Waals surface area contributed by atoms with Crippen molar-refractivity contribution in [2.75, 3.05) is 0 Å². The third kappa shape index (κ3) is 5.15. The van der Waals surface area contributed by atoms with Crippen molar-refractivity contribution in [2.24, 2.45) is 5.92 Å². The summed E-state index contributed by atoms with van der Waals surface area (Å²) in [4.78, 5) is 11.5. The molecule has 0 aromatic heterocycles. The number of hydrogen-bond acceptors (Lipinski definition) is 1. The second-order valence-electron chi connectivity index (χ2n) is 4.75. The lowest BCUT2D eigenvalue weighted by Crippen LogP contribution is -1.99. The number of rotatable bonds is 9. The van der Waals surface area contributed by atoms with Gasteiger partial charge in [-0.05, 0) is 12.8 Å². The molecule has 0 aliphatic heterocycles. The van der Waals surface area contributed by atoms with Crippen LogP contribution >= 0.6 is 0 Å². The van der Waals surface area contributed by atoms with Crippen molar-refractivity contribution < 1.29 is 4.79 Å². The molecular weight excluding hydrogens is 184 g/mol. The molecule has 0 heterocycles. The van der Waals surface area contributed by atoms with Crippen LogP contribution in [0.4, 0.5) is 0 Å². The number of Topliss-reactive ketones (excluding diaryl/α,β-unsaturated/α-hetero) is 1. The van der Waals surface area contributed by atoms with E-state index < -0.39 is 0 Å². The van der Waals surface area contributed by atoms with Gasteiger partial charge in [-0.1, -0.05) is 57.6 Å². The highest BCUT2D eigenvalue weighted by atomic mass is 16.1. The maximum atomic E-state index is 11.5. The molecule has 0 aromatic rings. The highest BCUT2D eigenvalue weighted by molar-refractivity contribution is 5.87. The first-order valence-corrected chi connectivity index (χ1v) is 6.46. The number of allylic oxidation sites excluding steroid dienone is 1. The zero-order valence-corrected chi connectivity index (χ0v) is 10.1. The lowest BCUT2D eigenvalue weighted by molar-refractivity contribution is -0.120. The third-order valence-corrected chi connectivity index (χ3v) is 3.21. The second kappa shape index (κ2) is 6.81. The molecule has 0 saturated heterocycles. The van der Waals surface area contributed by atoms with Gasteiger partial charge in [-0.2, -0.15) is 0 Å². The summed E-state index contributed by atoms with van der Waals surface area (Å²) in [5, 5.41) is 0. The van der Waals surface area contributed by atoms with E-state index in [1.54, 1.807) is 0 Å². The fraction of sp³-hybridized carbons (Fsp3) is 0.786. The molecule has 86 valence electrons. The summed E-state index contributed by atoms with van der Waals surface area (Å²) >= 11 is 0. The van der Waals surface area contributed by atoms with E-state index in [9.17, 15) is 4.79 Å². The summed E-state index contributed by atoms with van der Waals surface area (Å²) in [6.07, 6.45) is 10.8. The largest absolute Gasteiger partial charge is 0.299 e. The van der Waals surface area contributed by atoms with E-state index in [1.807, 2.05) is 0 Å². The van der Waals surface area contributed by atoms with Crippen molar-refractivity contribution in [3.63, 3.8) is 0 Å². The van der Waals surface area contributed by atoms with Gasteiger partial charge in [0, 0.05) is 12.3 Å². The number of ketones is 1. The average Bonchev–Trinajstić information content (AvgIpc) is 2.94. The topological polar surface area (TPSA) is 17.1 Å². The summed E-state index contributed by atoms with van der Waals surface area (Å²) in [6.45, 7) is 6.06. The quantitative estimate of drug-likeness (QED) is 0.408. The molecule has 0 radical (unpaired) electrons. The molecular formula is C14H24O. The Labute approximate surface area is 93.9 Å². The Kier molecular flexibility index (Phi) is 5.67. The second-order valence-corrected chi connectivity index (χ2v) is 4.75. The van der Waals surface area contributed by atoms with Gasteiger partial charge >= 0.3 is 0 Å². The minimum absolute atomic E-state index is 0.255. The van der Waals surface area contributed by atoms with Gasteiger partial charge in [0.2, 0.25) is 0 Å². The van der Waals surface area contributed by atoms with Crippen LogP contribution in [0.2, 0.25) is 0 Å². The van der Waals surface area contributed by atoms with Crippen molar-refractivity contribution in [3.05, 3.63) is 12.2 Å². The number of carbonyl (C=O) groups excluding carboxylic acids is 1.